The molecule has 1 saturated heterocycles. The van der Waals surface area contributed by atoms with Crippen LogP contribution in [-0.4, -0.2) is 71.5 Å². The zero-order valence-electron chi connectivity index (χ0n) is 17.9. The molecule has 1 aliphatic rings. The van der Waals surface area contributed by atoms with Crippen molar-refractivity contribution in [2.24, 2.45) is 0 Å². The molecule has 3 N–H and O–H groups in total. The Hall–Kier alpha value is -4.05. The first kappa shape index (κ1) is 22.2. The number of piperazine rings is 1. The van der Waals surface area contributed by atoms with Gasteiger partial charge in [0.1, 0.15) is 5.82 Å². The summed E-state index contributed by atoms with van der Waals surface area (Å²) in [4.78, 5) is 56.3. The number of aromatic amines is 1. The van der Waals surface area contributed by atoms with Gasteiger partial charge in [-0.1, -0.05) is 18.2 Å². The number of carbonyl (C=O) groups excluding carboxylic acids is 4. The molecule has 0 atom stereocenters. The maximum Gasteiger partial charge on any atom is 0.295 e. The maximum atomic E-state index is 14.6. The highest BCUT2D eigenvalue weighted by Gasteiger charge is 2.31. The number of nitrogens with one attached hydrogen (secondary N) is 3. The molecule has 0 saturated carbocycles. The van der Waals surface area contributed by atoms with E-state index in [1.807, 2.05) is 6.07 Å². The number of carbonyl (C=O) groups is 4. The van der Waals surface area contributed by atoms with Crippen molar-refractivity contribution in [1.82, 2.24) is 25.6 Å². The van der Waals surface area contributed by atoms with Crippen molar-refractivity contribution in [2.75, 3.05) is 33.2 Å². The van der Waals surface area contributed by atoms with Gasteiger partial charge in [-0.3, -0.25) is 24.6 Å². The first-order chi connectivity index (χ1) is 15.9. The Morgan fingerprint density at radius 2 is 1.58 bits per heavy atom. The molecule has 0 spiro atoms. The number of nitrogens with zero attached hydrogens (tertiary/aromatic N) is 2. The van der Waals surface area contributed by atoms with E-state index in [9.17, 15) is 23.6 Å². The van der Waals surface area contributed by atoms with E-state index in [4.69, 9.17) is 0 Å². The van der Waals surface area contributed by atoms with E-state index < -0.39 is 23.4 Å². The van der Waals surface area contributed by atoms with E-state index >= 15 is 0 Å². The van der Waals surface area contributed by atoms with Gasteiger partial charge in [-0.25, -0.2) is 9.82 Å². The van der Waals surface area contributed by atoms with Crippen LogP contribution in [0.1, 0.15) is 31.1 Å². The molecule has 1 fully saturated rings. The highest BCUT2D eigenvalue weighted by molar-refractivity contribution is 6.45. The van der Waals surface area contributed by atoms with Crippen LogP contribution in [0.25, 0.3) is 10.9 Å². The smallest absolute Gasteiger partial charge is 0.295 e. The third-order valence-electron chi connectivity index (χ3n) is 5.58. The van der Waals surface area contributed by atoms with Crippen molar-refractivity contribution in [2.45, 2.75) is 0 Å². The summed E-state index contributed by atoms with van der Waals surface area (Å²) in [6, 6.07) is 11.2. The van der Waals surface area contributed by atoms with Gasteiger partial charge in [0.25, 0.3) is 23.5 Å². The minimum absolute atomic E-state index is 0.116. The fourth-order valence-corrected chi connectivity index (χ4v) is 3.89. The largest absolute Gasteiger partial charge is 0.360 e. The van der Waals surface area contributed by atoms with Crippen LogP contribution < -0.4 is 10.9 Å². The summed E-state index contributed by atoms with van der Waals surface area (Å²) in [5.41, 5.74) is 5.54. The number of H-pyrrole nitrogens is 1. The minimum Gasteiger partial charge on any atom is -0.360 e. The van der Waals surface area contributed by atoms with Crippen LogP contribution in [0.2, 0.25) is 0 Å². The lowest BCUT2D eigenvalue weighted by atomic mass is 10.0. The first-order valence-corrected chi connectivity index (χ1v) is 10.4. The van der Waals surface area contributed by atoms with Crippen molar-refractivity contribution in [3.63, 3.8) is 0 Å². The van der Waals surface area contributed by atoms with E-state index in [-0.39, 0.29) is 54.1 Å². The first-order valence-electron chi connectivity index (χ1n) is 10.4. The Morgan fingerprint density at radius 1 is 0.909 bits per heavy atom. The number of halogens is 1. The summed E-state index contributed by atoms with van der Waals surface area (Å²) in [5, 5.41) is -0.116. The maximum absolute atomic E-state index is 14.6. The summed E-state index contributed by atoms with van der Waals surface area (Å²) in [5.74, 6) is -3.04. The van der Waals surface area contributed by atoms with Gasteiger partial charge in [-0.15, -0.1) is 0 Å². The number of Topliss-reactive ketones (excluding diaryl/α,β-unsaturated/α-hetero) is 1. The third kappa shape index (κ3) is 4.20. The summed E-state index contributed by atoms with van der Waals surface area (Å²) >= 11 is 0. The monoisotopic (exact) mass is 451 g/mol. The topological polar surface area (TPSA) is 115 Å². The zero-order chi connectivity index (χ0) is 23.5. The Balaban J connectivity index is 1.50. The number of hydrogen-bond acceptors (Lipinski definition) is 5. The standard InChI is InChI=1S/C23H22FN5O4/c1-25-27-21(31)15-7-8-17(24)18-16(13-26-19(15)18)20(30)23(33)29-11-9-28(10-12-29)22(32)14-5-3-2-4-6-14/h2-8,13,25-26H,9-12H2,1H3,(H,27,31). The number of amides is 3. The van der Waals surface area contributed by atoms with Crippen molar-refractivity contribution < 1.29 is 23.6 Å². The molecule has 10 heteroatoms. The molecule has 0 unspecified atom stereocenters. The zero-order valence-corrected chi connectivity index (χ0v) is 17.9. The van der Waals surface area contributed by atoms with E-state index in [0.29, 0.717) is 5.56 Å². The van der Waals surface area contributed by atoms with Gasteiger partial charge in [0, 0.05) is 50.4 Å². The summed E-state index contributed by atoms with van der Waals surface area (Å²) in [6.45, 7) is 0.931. The van der Waals surface area contributed by atoms with E-state index in [0.717, 1.165) is 6.07 Å². The third-order valence-corrected chi connectivity index (χ3v) is 5.58. The van der Waals surface area contributed by atoms with Crippen molar-refractivity contribution in [3.8, 4) is 0 Å². The van der Waals surface area contributed by atoms with Gasteiger partial charge in [0.15, 0.2) is 0 Å². The second kappa shape index (κ2) is 9.21. The Labute approximate surface area is 188 Å². The molecule has 3 aromatic rings. The number of benzene rings is 2. The molecule has 9 nitrogen and oxygen atoms in total. The highest BCUT2D eigenvalue weighted by atomic mass is 19.1. The number of hydrogen-bond donors (Lipinski definition) is 3. The number of rotatable bonds is 5. The molecule has 2 aromatic carbocycles. The molecule has 3 amide bonds. The second-order valence-corrected chi connectivity index (χ2v) is 7.53. The number of aromatic nitrogens is 1. The van der Waals surface area contributed by atoms with Crippen LogP contribution in [0.5, 0.6) is 0 Å². The molecule has 170 valence electrons. The molecule has 1 aliphatic heterocycles. The summed E-state index contributed by atoms with van der Waals surface area (Å²) < 4.78 is 14.6. The molecule has 2 heterocycles. The van der Waals surface area contributed by atoms with E-state index in [1.54, 1.807) is 29.2 Å². The minimum atomic E-state index is -0.880. The Morgan fingerprint density at radius 3 is 2.24 bits per heavy atom. The van der Waals surface area contributed by atoms with Gasteiger partial charge < -0.3 is 14.8 Å². The SMILES string of the molecule is CNNC(=O)c1ccc(F)c2c(C(=O)C(=O)N3CCN(C(=O)c4ccccc4)CC3)c[nH]c12. The lowest BCUT2D eigenvalue weighted by molar-refractivity contribution is -0.127. The van der Waals surface area contributed by atoms with Gasteiger partial charge in [0.2, 0.25) is 0 Å². The fraction of sp³-hybridized carbons (Fsp3) is 0.217. The van der Waals surface area contributed by atoms with Gasteiger partial charge in [-0.05, 0) is 24.3 Å². The van der Waals surface area contributed by atoms with Gasteiger partial charge >= 0.3 is 0 Å². The predicted molar refractivity (Wildman–Crippen MR) is 118 cm³/mol. The predicted octanol–water partition coefficient (Wildman–Crippen LogP) is 1.34. The molecule has 0 bridgehead atoms. The van der Waals surface area contributed by atoms with Crippen LogP contribution in [0, 0.1) is 5.82 Å². The fourth-order valence-electron chi connectivity index (χ4n) is 3.89. The van der Waals surface area contributed by atoms with E-state index in [2.05, 4.69) is 15.8 Å². The molecule has 4 rings (SSSR count). The van der Waals surface area contributed by atoms with Crippen molar-refractivity contribution in [1.29, 1.82) is 0 Å². The number of ketones is 1. The molecular formula is C23H22FN5O4. The van der Waals surface area contributed by atoms with Crippen LogP contribution in [0.3, 0.4) is 0 Å². The second-order valence-electron chi connectivity index (χ2n) is 7.53. The molecule has 33 heavy (non-hydrogen) atoms. The Bertz CT molecular complexity index is 1230. The quantitative estimate of drug-likeness (QED) is 0.308. The van der Waals surface area contributed by atoms with E-state index in [1.165, 1.54) is 24.2 Å². The van der Waals surface area contributed by atoms with Crippen LogP contribution in [0.4, 0.5) is 4.39 Å². The average Bonchev–Trinajstić information content (AvgIpc) is 3.30. The van der Waals surface area contributed by atoms with Crippen LogP contribution in [-0.2, 0) is 4.79 Å². The summed E-state index contributed by atoms with van der Waals surface area (Å²) in [7, 11) is 1.51. The molecule has 0 aliphatic carbocycles. The number of hydrazine groups is 1. The lowest BCUT2D eigenvalue weighted by Gasteiger charge is -2.34. The molecular weight excluding hydrogens is 429 g/mol. The molecule has 1 aromatic heterocycles. The van der Waals surface area contributed by atoms with Gasteiger partial charge in [0.05, 0.1) is 16.6 Å². The lowest BCUT2D eigenvalue weighted by Crippen LogP contribution is -2.52. The van der Waals surface area contributed by atoms with Crippen LogP contribution >= 0.6 is 0 Å². The summed E-state index contributed by atoms with van der Waals surface area (Å²) in [6.07, 6.45) is 1.24. The highest BCUT2D eigenvalue weighted by Crippen LogP contribution is 2.26. The number of fused-ring (bicyclic) bond motifs is 1. The van der Waals surface area contributed by atoms with Crippen molar-refractivity contribution in [3.05, 3.63) is 71.2 Å². The van der Waals surface area contributed by atoms with Gasteiger partial charge in [-0.2, -0.15) is 0 Å². The average molecular weight is 451 g/mol. The molecule has 0 radical (unpaired) electrons. The normalized spacial score (nSPS) is 13.8. The Kier molecular flexibility index (Phi) is 6.18. The van der Waals surface area contributed by atoms with Crippen molar-refractivity contribution >= 4 is 34.4 Å². The van der Waals surface area contributed by atoms with Crippen LogP contribution in [0.15, 0.2) is 48.7 Å².